The van der Waals surface area contributed by atoms with Gasteiger partial charge in [-0.15, -0.1) is 0 Å². The van der Waals surface area contributed by atoms with Crippen molar-refractivity contribution in [1.29, 1.82) is 0 Å². The van der Waals surface area contributed by atoms with Gasteiger partial charge in [0, 0.05) is 17.4 Å². The third kappa shape index (κ3) is 2.54. The maximum Gasteiger partial charge on any atom is 0.292 e. The molecule has 0 saturated heterocycles. The number of halogens is 1. The Kier molecular flexibility index (Phi) is 3.09. The Labute approximate surface area is 102 Å². The summed E-state index contributed by atoms with van der Waals surface area (Å²) in [5.41, 5.74) is 6.77. The number of nitrogen functional groups attached to an aromatic ring is 1. The summed E-state index contributed by atoms with van der Waals surface area (Å²) < 4.78 is 12.7. The van der Waals surface area contributed by atoms with Gasteiger partial charge in [-0.25, -0.2) is 4.39 Å². The Bertz CT molecular complexity index is 584. The van der Waals surface area contributed by atoms with E-state index in [9.17, 15) is 14.5 Å². The zero-order valence-corrected chi connectivity index (χ0v) is 9.26. The van der Waals surface area contributed by atoms with Crippen LogP contribution in [0.4, 0.5) is 27.1 Å². The molecule has 0 amide bonds. The molecular formula is C12H10FN3O2. The van der Waals surface area contributed by atoms with Crippen molar-refractivity contribution >= 4 is 22.7 Å². The van der Waals surface area contributed by atoms with Gasteiger partial charge in [-0.3, -0.25) is 10.1 Å². The predicted molar refractivity (Wildman–Crippen MR) is 67.2 cm³/mol. The van der Waals surface area contributed by atoms with E-state index in [1.807, 2.05) is 0 Å². The highest BCUT2D eigenvalue weighted by atomic mass is 19.1. The molecule has 6 heteroatoms. The lowest BCUT2D eigenvalue weighted by Crippen LogP contribution is -1.97. The first-order valence-electron chi connectivity index (χ1n) is 5.13. The lowest BCUT2D eigenvalue weighted by Gasteiger charge is -2.07. The molecule has 0 aliphatic carbocycles. The van der Waals surface area contributed by atoms with E-state index < -0.39 is 4.92 Å². The number of nitrogens with zero attached hydrogens (tertiary/aromatic N) is 1. The third-order valence-electron chi connectivity index (χ3n) is 2.36. The molecule has 3 N–H and O–H groups in total. The first kappa shape index (κ1) is 11.8. The van der Waals surface area contributed by atoms with Gasteiger partial charge < -0.3 is 11.1 Å². The molecule has 18 heavy (non-hydrogen) atoms. The number of rotatable bonds is 3. The molecule has 0 aliphatic heterocycles. The summed E-state index contributed by atoms with van der Waals surface area (Å²) in [7, 11) is 0. The maximum absolute atomic E-state index is 12.7. The minimum absolute atomic E-state index is 0.0760. The molecule has 2 rings (SSSR count). The second-order valence-electron chi connectivity index (χ2n) is 3.66. The van der Waals surface area contributed by atoms with Crippen molar-refractivity contribution in [2.24, 2.45) is 0 Å². The minimum Gasteiger partial charge on any atom is -0.393 e. The zero-order chi connectivity index (χ0) is 13.1. The normalized spacial score (nSPS) is 10.1. The molecule has 92 valence electrons. The standard InChI is InChI=1S/C12H10FN3O2/c13-8-1-3-9(4-2-8)15-10-5-6-12(16(17)18)11(14)7-10/h1-7,15H,14H2. The summed E-state index contributed by atoms with van der Waals surface area (Å²) in [5.74, 6) is -0.330. The number of benzene rings is 2. The fraction of sp³-hybridized carbons (Fsp3) is 0. The van der Waals surface area contributed by atoms with Crippen molar-refractivity contribution in [1.82, 2.24) is 0 Å². The Morgan fingerprint density at radius 3 is 2.28 bits per heavy atom. The van der Waals surface area contributed by atoms with Crippen LogP contribution in [0.15, 0.2) is 42.5 Å². The van der Waals surface area contributed by atoms with Crippen molar-refractivity contribution < 1.29 is 9.31 Å². The number of nitro benzene ring substituents is 1. The van der Waals surface area contributed by atoms with Crippen LogP contribution in [0.1, 0.15) is 0 Å². The molecular weight excluding hydrogens is 237 g/mol. The molecule has 0 fully saturated rings. The van der Waals surface area contributed by atoms with Crippen LogP contribution in [0.5, 0.6) is 0 Å². The van der Waals surface area contributed by atoms with E-state index >= 15 is 0 Å². The van der Waals surface area contributed by atoms with E-state index in [4.69, 9.17) is 5.73 Å². The van der Waals surface area contributed by atoms with Crippen molar-refractivity contribution in [3.8, 4) is 0 Å². The van der Waals surface area contributed by atoms with Gasteiger partial charge in [-0.05, 0) is 36.4 Å². The number of nitrogens with one attached hydrogen (secondary N) is 1. The van der Waals surface area contributed by atoms with Gasteiger partial charge in [0.15, 0.2) is 0 Å². The molecule has 0 atom stereocenters. The van der Waals surface area contributed by atoms with Crippen molar-refractivity contribution in [2.45, 2.75) is 0 Å². The van der Waals surface area contributed by atoms with Crippen LogP contribution in [0.3, 0.4) is 0 Å². The van der Waals surface area contributed by atoms with E-state index in [-0.39, 0.29) is 17.2 Å². The van der Waals surface area contributed by atoms with Crippen molar-refractivity contribution in [2.75, 3.05) is 11.1 Å². The fourth-order valence-corrected chi connectivity index (χ4v) is 1.50. The van der Waals surface area contributed by atoms with Crippen LogP contribution in [-0.2, 0) is 0 Å². The number of hydrogen-bond donors (Lipinski definition) is 2. The highest BCUT2D eigenvalue weighted by molar-refractivity contribution is 5.69. The Hall–Kier alpha value is -2.63. The zero-order valence-electron chi connectivity index (χ0n) is 9.26. The summed E-state index contributed by atoms with van der Waals surface area (Å²) in [6.45, 7) is 0. The van der Waals surface area contributed by atoms with Gasteiger partial charge >= 0.3 is 0 Å². The lowest BCUT2D eigenvalue weighted by atomic mass is 10.2. The first-order chi connectivity index (χ1) is 8.56. The summed E-state index contributed by atoms with van der Waals surface area (Å²) in [4.78, 5) is 10.0. The molecule has 0 aromatic heterocycles. The molecule has 0 bridgehead atoms. The second-order valence-corrected chi connectivity index (χ2v) is 3.66. The molecule has 0 saturated carbocycles. The Morgan fingerprint density at radius 2 is 1.72 bits per heavy atom. The van der Waals surface area contributed by atoms with E-state index in [1.165, 1.54) is 30.3 Å². The maximum atomic E-state index is 12.7. The van der Waals surface area contributed by atoms with Gasteiger partial charge in [-0.1, -0.05) is 0 Å². The third-order valence-corrected chi connectivity index (χ3v) is 2.36. The average Bonchev–Trinajstić information content (AvgIpc) is 2.32. The SMILES string of the molecule is Nc1cc(Nc2ccc(F)cc2)ccc1[N+](=O)[O-]. The molecule has 0 unspecified atom stereocenters. The molecule has 0 spiro atoms. The van der Waals surface area contributed by atoms with Crippen LogP contribution in [-0.4, -0.2) is 4.92 Å². The molecule has 0 aliphatic rings. The molecule has 2 aromatic carbocycles. The lowest BCUT2D eigenvalue weighted by molar-refractivity contribution is -0.383. The smallest absolute Gasteiger partial charge is 0.292 e. The number of nitro groups is 1. The number of anilines is 3. The van der Waals surface area contributed by atoms with Gasteiger partial charge in [0.25, 0.3) is 5.69 Å². The van der Waals surface area contributed by atoms with E-state index in [0.29, 0.717) is 11.4 Å². The van der Waals surface area contributed by atoms with Gasteiger partial charge in [0.05, 0.1) is 4.92 Å². The van der Waals surface area contributed by atoms with E-state index in [1.54, 1.807) is 12.1 Å². The summed E-state index contributed by atoms with van der Waals surface area (Å²) in [6, 6.07) is 10.1. The molecule has 0 heterocycles. The van der Waals surface area contributed by atoms with Crippen LogP contribution < -0.4 is 11.1 Å². The monoisotopic (exact) mass is 247 g/mol. The molecule has 0 radical (unpaired) electrons. The van der Waals surface area contributed by atoms with Crippen molar-refractivity contribution in [3.05, 3.63) is 58.4 Å². The fourth-order valence-electron chi connectivity index (χ4n) is 1.50. The molecule has 2 aromatic rings. The Morgan fingerprint density at radius 1 is 1.11 bits per heavy atom. The van der Waals surface area contributed by atoms with Gasteiger partial charge in [-0.2, -0.15) is 0 Å². The van der Waals surface area contributed by atoms with Gasteiger partial charge in [0.1, 0.15) is 11.5 Å². The second kappa shape index (κ2) is 4.70. The average molecular weight is 247 g/mol. The minimum atomic E-state index is -0.545. The highest BCUT2D eigenvalue weighted by Crippen LogP contribution is 2.26. The summed E-state index contributed by atoms with van der Waals surface area (Å²) in [6.07, 6.45) is 0. The topological polar surface area (TPSA) is 81.2 Å². The first-order valence-corrected chi connectivity index (χ1v) is 5.13. The van der Waals surface area contributed by atoms with Gasteiger partial charge in [0.2, 0.25) is 0 Å². The predicted octanol–water partition coefficient (Wildman–Crippen LogP) is 3.06. The summed E-state index contributed by atoms with van der Waals surface area (Å²) >= 11 is 0. The van der Waals surface area contributed by atoms with Crippen molar-refractivity contribution in [3.63, 3.8) is 0 Å². The summed E-state index contributed by atoms with van der Waals surface area (Å²) in [5, 5.41) is 13.6. The van der Waals surface area contributed by atoms with Crippen LogP contribution in [0, 0.1) is 15.9 Å². The number of hydrogen-bond acceptors (Lipinski definition) is 4. The van der Waals surface area contributed by atoms with Crippen LogP contribution in [0.25, 0.3) is 0 Å². The van der Waals surface area contributed by atoms with Crippen LogP contribution >= 0.6 is 0 Å². The van der Waals surface area contributed by atoms with E-state index in [2.05, 4.69) is 5.32 Å². The molecule has 5 nitrogen and oxygen atoms in total. The quantitative estimate of drug-likeness (QED) is 0.496. The largest absolute Gasteiger partial charge is 0.393 e. The van der Waals surface area contributed by atoms with E-state index in [0.717, 1.165) is 0 Å². The highest BCUT2D eigenvalue weighted by Gasteiger charge is 2.10. The number of nitrogens with two attached hydrogens (primary N) is 1. The van der Waals surface area contributed by atoms with Crippen LogP contribution in [0.2, 0.25) is 0 Å². The Balaban J connectivity index is 2.22.